The monoisotopic (exact) mass is 527 g/mol. The van der Waals surface area contributed by atoms with Crippen molar-refractivity contribution in [3.63, 3.8) is 0 Å². The number of carbonyl (C=O) groups excluding carboxylic acids is 1. The SMILES string of the molecule is CCCCCCCCCCCCCCCCOC(=O)CCCCCCCCCCCCCCC.CCO. The number of hydrogen-bond donors (Lipinski definition) is 1. The molecule has 3 heteroatoms. The van der Waals surface area contributed by atoms with E-state index in [2.05, 4.69) is 13.8 Å². The second-order valence-corrected chi connectivity index (χ2v) is 11.1. The Morgan fingerprint density at radius 3 is 0.973 bits per heavy atom. The van der Waals surface area contributed by atoms with Crippen LogP contribution in [0.15, 0.2) is 0 Å². The van der Waals surface area contributed by atoms with Crippen LogP contribution in [0.4, 0.5) is 0 Å². The van der Waals surface area contributed by atoms with Crippen molar-refractivity contribution in [3.8, 4) is 0 Å². The third-order valence-electron chi connectivity index (χ3n) is 7.25. The number of hydrogen-bond acceptors (Lipinski definition) is 3. The van der Waals surface area contributed by atoms with Gasteiger partial charge in [-0.25, -0.2) is 0 Å². The molecular formula is C34H70O3. The highest BCUT2D eigenvalue weighted by Crippen LogP contribution is 2.14. The Balaban J connectivity index is 0. The number of unbranched alkanes of at least 4 members (excludes halogenated alkanes) is 25. The van der Waals surface area contributed by atoms with Crippen LogP contribution in [0.5, 0.6) is 0 Å². The van der Waals surface area contributed by atoms with Crippen molar-refractivity contribution < 1.29 is 14.6 Å². The Morgan fingerprint density at radius 1 is 0.432 bits per heavy atom. The molecule has 0 aliphatic rings. The fourth-order valence-electron chi connectivity index (χ4n) is 4.84. The van der Waals surface area contributed by atoms with E-state index < -0.39 is 0 Å². The van der Waals surface area contributed by atoms with Crippen molar-refractivity contribution >= 4 is 5.97 Å². The minimum atomic E-state index is 0.0257. The molecule has 0 aromatic rings. The third kappa shape index (κ3) is 40.1. The third-order valence-corrected chi connectivity index (χ3v) is 7.25. The van der Waals surface area contributed by atoms with Crippen molar-refractivity contribution in [1.29, 1.82) is 0 Å². The molecule has 0 spiro atoms. The van der Waals surface area contributed by atoms with Crippen LogP contribution in [-0.2, 0) is 9.53 Å². The number of aliphatic hydroxyl groups excluding tert-OH is 1. The maximum atomic E-state index is 11.9. The van der Waals surface area contributed by atoms with E-state index in [-0.39, 0.29) is 12.6 Å². The van der Waals surface area contributed by atoms with Gasteiger partial charge in [-0.2, -0.15) is 0 Å². The zero-order chi connectivity index (χ0) is 27.5. The van der Waals surface area contributed by atoms with Gasteiger partial charge in [-0.3, -0.25) is 4.79 Å². The second-order valence-electron chi connectivity index (χ2n) is 11.1. The first kappa shape index (κ1) is 38.6. The summed E-state index contributed by atoms with van der Waals surface area (Å²) < 4.78 is 5.42. The molecule has 37 heavy (non-hydrogen) atoms. The average molecular weight is 527 g/mol. The van der Waals surface area contributed by atoms with Crippen molar-refractivity contribution in [2.45, 2.75) is 201 Å². The lowest BCUT2D eigenvalue weighted by Gasteiger charge is -2.06. The number of carbonyl (C=O) groups is 1. The van der Waals surface area contributed by atoms with Gasteiger partial charge in [0, 0.05) is 13.0 Å². The summed E-state index contributed by atoms with van der Waals surface area (Å²) in [5, 5.41) is 7.57. The molecule has 3 nitrogen and oxygen atoms in total. The molecule has 0 radical (unpaired) electrons. The summed E-state index contributed by atoms with van der Waals surface area (Å²) in [7, 11) is 0. The van der Waals surface area contributed by atoms with Gasteiger partial charge in [-0.05, 0) is 19.8 Å². The first-order chi connectivity index (χ1) is 18.2. The minimum absolute atomic E-state index is 0.0257. The predicted molar refractivity (Wildman–Crippen MR) is 164 cm³/mol. The summed E-state index contributed by atoms with van der Waals surface area (Å²) in [6, 6.07) is 0. The molecule has 0 aliphatic heterocycles. The molecule has 0 heterocycles. The lowest BCUT2D eigenvalue weighted by molar-refractivity contribution is -0.143. The van der Waals surface area contributed by atoms with Crippen LogP contribution in [0.25, 0.3) is 0 Å². The van der Waals surface area contributed by atoms with E-state index in [1.165, 1.54) is 161 Å². The minimum Gasteiger partial charge on any atom is -0.466 e. The molecule has 0 aromatic carbocycles. The summed E-state index contributed by atoms with van der Waals surface area (Å²) in [6.07, 6.45) is 37.2. The van der Waals surface area contributed by atoms with Gasteiger partial charge in [0.15, 0.2) is 0 Å². The Kier molecular flexibility index (Phi) is 39.2. The molecule has 0 aromatic heterocycles. The Morgan fingerprint density at radius 2 is 0.676 bits per heavy atom. The van der Waals surface area contributed by atoms with Gasteiger partial charge < -0.3 is 9.84 Å². The molecule has 224 valence electrons. The second kappa shape index (κ2) is 37.6. The van der Waals surface area contributed by atoms with Crippen LogP contribution >= 0.6 is 0 Å². The molecule has 0 saturated heterocycles. The van der Waals surface area contributed by atoms with E-state index in [0.717, 1.165) is 12.8 Å². The Hall–Kier alpha value is -0.570. The molecule has 0 fully saturated rings. The van der Waals surface area contributed by atoms with E-state index in [0.29, 0.717) is 13.0 Å². The molecule has 0 saturated carbocycles. The molecule has 0 rings (SSSR count). The smallest absolute Gasteiger partial charge is 0.305 e. The lowest BCUT2D eigenvalue weighted by atomic mass is 10.0. The predicted octanol–water partition coefficient (Wildman–Crippen LogP) is 11.5. The van der Waals surface area contributed by atoms with Gasteiger partial charge in [-0.1, -0.05) is 174 Å². The topological polar surface area (TPSA) is 46.5 Å². The summed E-state index contributed by atoms with van der Waals surface area (Å²) in [4.78, 5) is 11.9. The van der Waals surface area contributed by atoms with Crippen LogP contribution in [0, 0.1) is 0 Å². The quantitative estimate of drug-likeness (QED) is 0.0778. The zero-order valence-corrected chi connectivity index (χ0v) is 26.0. The number of ether oxygens (including phenoxy) is 1. The van der Waals surface area contributed by atoms with Gasteiger partial charge in [0.05, 0.1) is 6.61 Å². The molecule has 0 atom stereocenters. The first-order valence-corrected chi connectivity index (χ1v) is 17.0. The lowest BCUT2D eigenvalue weighted by Crippen LogP contribution is -2.05. The normalized spacial score (nSPS) is 10.8. The molecule has 1 N–H and O–H groups in total. The highest BCUT2D eigenvalue weighted by molar-refractivity contribution is 5.69. The number of esters is 1. The fourth-order valence-corrected chi connectivity index (χ4v) is 4.84. The fraction of sp³-hybridized carbons (Fsp3) is 0.971. The largest absolute Gasteiger partial charge is 0.466 e. The Labute approximate surface area is 234 Å². The summed E-state index contributed by atoms with van der Waals surface area (Å²) in [5.74, 6) is 0.0257. The van der Waals surface area contributed by atoms with E-state index in [1.807, 2.05) is 0 Å². The molecule has 0 unspecified atom stereocenters. The van der Waals surface area contributed by atoms with Crippen molar-refractivity contribution in [3.05, 3.63) is 0 Å². The standard InChI is InChI=1S/C32H64O2.C2H6O/c1-3-5-7-9-11-13-15-17-19-21-23-25-27-29-31-34-32(33)30-28-26-24-22-20-18-16-14-12-10-8-6-4-2;1-2-3/h3-31H2,1-2H3;3H,2H2,1H3. The van der Waals surface area contributed by atoms with Gasteiger partial charge in [-0.15, -0.1) is 0 Å². The number of aliphatic hydroxyl groups is 1. The van der Waals surface area contributed by atoms with Gasteiger partial charge >= 0.3 is 5.97 Å². The van der Waals surface area contributed by atoms with Crippen molar-refractivity contribution in [2.75, 3.05) is 13.2 Å². The molecule has 0 aliphatic carbocycles. The van der Waals surface area contributed by atoms with Crippen molar-refractivity contribution in [1.82, 2.24) is 0 Å². The van der Waals surface area contributed by atoms with Crippen LogP contribution < -0.4 is 0 Å². The average Bonchev–Trinajstić information content (AvgIpc) is 2.89. The van der Waals surface area contributed by atoms with Crippen LogP contribution in [0.1, 0.15) is 201 Å². The highest BCUT2D eigenvalue weighted by Gasteiger charge is 2.02. The van der Waals surface area contributed by atoms with E-state index in [1.54, 1.807) is 6.92 Å². The van der Waals surface area contributed by atoms with E-state index in [9.17, 15) is 4.79 Å². The summed E-state index contributed by atoms with van der Waals surface area (Å²) in [5.41, 5.74) is 0. The summed E-state index contributed by atoms with van der Waals surface area (Å²) in [6.45, 7) is 7.13. The molecule has 0 amide bonds. The van der Waals surface area contributed by atoms with Crippen LogP contribution in [-0.4, -0.2) is 24.3 Å². The van der Waals surface area contributed by atoms with Crippen LogP contribution in [0.2, 0.25) is 0 Å². The van der Waals surface area contributed by atoms with Crippen LogP contribution in [0.3, 0.4) is 0 Å². The van der Waals surface area contributed by atoms with Gasteiger partial charge in [0.25, 0.3) is 0 Å². The summed E-state index contributed by atoms with van der Waals surface area (Å²) >= 11 is 0. The Bertz CT molecular complexity index is 397. The molecular weight excluding hydrogens is 456 g/mol. The van der Waals surface area contributed by atoms with Gasteiger partial charge in [0.1, 0.15) is 0 Å². The number of rotatable bonds is 29. The highest BCUT2D eigenvalue weighted by atomic mass is 16.5. The van der Waals surface area contributed by atoms with E-state index >= 15 is 0 Å². The zero-order valence-electron chi connectivity index (χ0n) is 26.0. The first-order valence-electron chi connectivity index (χ1n) is 17.0. The van der Waals surface area contributed by atoms with Gasteiger partial charge in [0.2, 0.25) is 0 Å². The maximum Gasteiger partial charge on any atom is 0.305 e. The maximum absolute atomic E-state index is 11.9. The van der Waals surface area contributed by atoms with Crippen molar-refractivity contribution in [2.24, 2.45) is 0 Å². The van der Waals surface area contributed by atoms with E-state index in [4.69, 9.17) is 9.84 Å². The molecule has 0 bridgehead atoms.